The Hall–Kier alpha value is -3.17. The minimum absolute atomic E-state index is 0.135. The molecule has 0 spiro atoms. The number of carbonyl (C=O) groups excluding carboxylic acids is 1. The van der Waals surface area contributed by atoms with Gasteiger partial charge in [-0.1, -0.05) is 13.8 Å². The molecule has 0 atom stereocenters. The van der Waals surface area contributed by atoms with Gasteiger partial charge in [-0.3, -0.25) is 0 Å². The lowest BCUT2D eigenvalue weighted by atomic mass is 9.96. The van der Waals surface area contributed by atoms with E-state index in [4.69, 9.17) is 4.74 Å². The summed E-state index contributed by atoms with van der Waals surface area (Å²) in [6, 6.07) is 3.22. The van der Waals surface area contributed by atoms with Crippen molar-refractivity contribution in [3.63, 3.8) is 0 Å². The third kappa shape index (κ3) is 6.18. The first-order chi connectivity index (χ1) is 15.2. The summed E-state index contributed by atoms with van der Waals surface area (Å²) >= 11 is 0. The van der Waals surface area contributed by atoms with E-state index in [9.17, 15) is 18.7 Å². The minimum Gasteiger partial charge on any atom is -0.505 e. The fourth-order valence-electron chi connectivity index (χ4n) is 3.50. The van der Waals surface area contributed by atoms with E-state index in [1.165, 1.54) is 6.33 Å². The minimum atomic E-state index is -0.931. The standard InChI is InChI=1S/C22H29F2N5O3/c1-14(2)12-32-22(31)29-6-4-15(5-7-29)11-28(3)21-10-20(25-13-26-21)27-18-8-17(24)19(30)9-16(18)23/h8-10,13-15,30H,4-7,11-12H2,1-3H3,(H,25,26,27). The predicted octanol–water partition coefficient (Wildman–Crippen LogP) is 4.14. The Balaban J connectivity index is 1.55. The van der Waals surface area contributed by atoms with Crippen LogP contribution in [0.4, 0.5) is 30.9 Å². The second kappa shape index (κ2) is 10.4. The molecule has 174 valence electrons. The highest BCUT2D eigenvalue weighted by atomic mass is 19.1. The number of nitrogens with one attached hydrogen (secondary N) is 1. The molecule has 1 amide bonds. The first-order valence-corrected chi connectivity index (χ1v) is 10.6. The molecule has 1 saturated heterocycles. The lowest BCUT2D eigenvalue weighted by Crippen LogP contribution is -2.41. The van der Waals surface area contributed by atoms with Gasteiger partial charge in [0.2, 0.25) is 0 Å². The van der Waals surface area contributed by atoms with Crippen molar-refractivity contribution in [1.29, 1.82) is 0 Å². The van der Waals surface area contributed by atoms with Crippen LogP contribution in [0.2, 0.25) is 0 Å². The lowest BCUT2D eigenvalue weighted by Gasteiger charge is -2.33. The number of aromatic nitrogens is 2. The quantitative estimate of drug-likeness (QED) is 0.614. The van der Waals surface area contributed by atoms with Crippen molar-refractivity contribution >= 4 is 23.4 Å². The summed E-state index contributed by atoms with van der Waals surface area (Å²) in [4.78, 5) is 24.2. The van der Waals surface area contributed by atoms with E-state index in [-0.39, 0.29) is 11.8 Å². The van der Waals surface area contributed by atoms with Gasteiger partial charge in [0.1, 0.15) is 18.0 Å². The lowest BCUT2D eigenvalue weighted by molar-refractivity contribution is 0.0795. The normalized spacial score (nSPS) is 14.5. The summed E-state index contributed by atoms with van der Waals surface area (Å²) in [7, 11) is 1.90. The summed E-state index contributed by atoms with van der Waals surface area (Å²) in [5.41, 5.74) is -0.135. The molecule has 2 N–H and O–H groups in total. The molecular weight excluding hydrogens is 420 g/mol. The Morgan fingerprint density at radius 2 is 1.97 bits per heavy atom. The number of benzene rings is 1. The summed E-state index contributed by atoms with van der Waals surface area (Å²) in [5, 5.41) is 12.0. The monoisotopic (exact) mass is 449 g/mol. The first-order valence-electron chi connectivity index (χ1n) is 10.6. The van der Waals surface area contributed by atoms with Crippen molar-refractivity contribution in [2.75, 3.05) is 43.5 Å². The number of phenols is 1. The number of piperidine rings is 1. The Bertz CT molecular complexity index is 936. The van der Waals surface area contributed by atoms with Crippen molar-refractivity contribution in [3.8, 4) is 5.75 Å². The zero-order chi connectivity index (χ0) is 23.3. The number of phenolic OH excluding ortho intramolecular Hbond substituents is 1. The molecule has 0 unspecified atom stereocenters. The van der Waals surface area contributed by atoms with Gasteiger partial charge in [-0.05, 0) is 24.7 Å². The van der Waals surface area contributed by atoms with Gasteiger partial charge in [-0.15, -0.1) is 0 Å². The van der Waals surface area contributed by atoms with Crippen LogP contribution in [0.15, 0.2) is 24.5 Å². The largest absolute Gasteiger partial charge is 0.505 e. The van der Waals surface area contributed by atoms with Gasteiger partial charge in [-0.25, -0.2) is 23.5 Å². The Morgan fingerprint density at radius 1 is 1.25 bits per heavy atom. The van der Waals surface area contributed by atoms with Crippen LogP contribution < -0.4 is 10.2 Å². The number of hydrogen-bond acceptors (Lipinski definition) is 7. The molecule has 1 aromatic carbocycles. The van der Waals surface area contributed by atoms with Crippen molar-refractivity contribution in [2.24, 2.45) is 11.8 Å². The maximum absolute atomic E-state index is 14.0. The molecule has 8 nitrogen and oxygen atoms in total. The molecule has 1 aromatic heterocycles. The number of amides is 1. The van der Waals surface area contributed by atoms with Crippen LogP contribution in [0.1, 0.15) is 26.7 Å². The van der Waals surface area contributed by atoms with E-state index in [0.29, 0.717) is 49.2 Å². The average Bonchev–Trinajstić information content (AvgIpc) is 2.76. The van der Waals surface area contributed by atoms with Crippen molar-refractivity contribution < 1.29 is 23.4 Å². The number of nitrogens with zero attached hydrogens (tertiary/aromatic N) is 4. The van der Waals surface area contributed by atoms with E-state index in [1.807, 2.05) is 25.8 Å². The number of hydrogen-bond donors (Lipinski definition) is 2. The number of carbonyl (C=O) groups is 1. The number of ether oxygens (including phenoxy) is 1. The molecule has 0 radical (unpaired) electrons. The second-order valence-corrected chi connectivity index (χ2v) is 8.45. The molecule has 1 fully saturated rings. The third-order valence-corrected chi connectivity index (χ3v) is 5.29. The first kappa shape index (κ1) is 23.5. The maximum atomic E-state index is 14.0. The molecule has 2 heterocycles. The molecule has 1 aliphatic rings. The highest BCUT2D eigenvalue weighted by Crippen LogP contribution is 2.27. The molecule has 0 saturated carbocycles. The average molecular weight is 450 g/mol. The summed E-state index contributed by atoms with van der Waals surface area (Å²) in [6.45, 7) is 6.46. The molecular formula is C22H29F2N5O3. The molecule has 0 bridgehead atoms. The molecule has 2 aromatic rings. The van der Waals surface area contributed by atoms with Gasteiger partial charge >= 0.3 is 6.09 Å². The van der Waals surface area contributed by atoms with Gasteiger partial charge in [0.25, 0.3) is 0 Å². The molecule has 3 rings (SSSR count). The second-order valence-electron chi connectivity index (χ2n) is 8.45. The Morgan fingerprint density at radius 3 is 2.66 bits per heavy atom. The topological polar surface area (TPSA) is 90.8 Å². The van der Waals surface area contributed by atoms with Gasteiger partial charge in [0, 0.05) is 44.9 Å². The van der Waals surface area contributed by atoms with E-state index in [2.05, 4.69) is 15.3 Å². The number of likely N-dealkylation sites (tertiary alicyclic amines) is 1. The zero-order valence-electron chi connectivity index (χ0n) is 18.5. The van der Waals surface area contributed by atoms with Crippen LogP contribution in [-0.4, -0.2) is 59.4 Å². The highest BCUT2D eigenvalue weighted by Gasteiger charge is 2.25. The predicted molar refractivity (Wildman–Crippen MR) is 117 cm³/mol. The Kier molecular flexibility index (Phi) is 7.66. The van der Waals surface area contributed by atoms with E-state index in [0.717, 1.165) is 25.5 Å². The molecule has 10 heteroatoms. The van der Waals surface area contributed by atoms with Gasteiger partial charge in [-0.2, -0.15) is 0 Å². The molecule has 32 heavy (non-hydrogen) atoms. The SMILES string of the molecule is CC(C)COC(=O)N1CCC(CN(C)c2cc(Nc3cc(F)c(O)cc3F)ncn2)CC1. The van der Waals surface area contributed by atoms with Crippen LogP contribution in [0.25, 0.3) is 0 Å². The van der Waals surface area contributed by atoms with E-state index in [1.54, 1.807) is 11.0 Å². The van der Waals surface area contributed by atoms with E-state index < -0.39 is 17.4 Å². The summed E-state index contributed by atoms with van der Waals surface area (Å²) in [5.74, 6) is -0.869. The van der Waals surface area contributed by atoms with Gasteiger partial charge in [0.05, 0.1) is 12.3 Å². The fourth-order valence-corrected chi connectivity index (χ4v) is 3.50. The van der Waals surface area contributed by atoms with Crippen LogP contribution in [0.3, 0.4) is 0 Å². The van der Waals surface area contributed by atoms with Gasteiger partial charge < -0.3 is 25.0 Å². The smallest absolute Gasteiger partial charge is 0.409 e. The number of anilines is 3. The summed E-state index contributed by atoms with van der Waals surface area (Å²) in [6.07, 6.45) is 2.80. The molecule has 0 aliphatic carbocycles. The number of rotatable bonds is 7. The van der Waals surface area contributed by atoms with Gasteiger partial charge in [0.15, 0.2) is 17.4 Å². The fraction of sp³-hybridized carbons (Fsp3) is 0.500. The van der Waals surface area contributed by atoms with Crippen molar-refractivity contribution in [3.05, 3.63) is 36.2 Å². The van der Waals surface area contributed by atoms with E-state index >= 15 is 0 Å². The van der Waals surface area contributed by atoms with Crippen molar-refractivity contribution in [2.45, 2.75) is 26.7 Å². The number of aromatic hydroxyl groups is 1. The van der Waals surface area contributed by atoms with Crippen LogP contribution in [-0.2, 0) is 4.74 Å². The van der Waals surface area contributed by atoms with Crippen LogP contribution >= 0.6 is 0 Å². The maximum Gasteiger partial charge on any atom is 0.409 e. The zero-order valence-corrected chi connectivity index (χ0v) is 18.5. The highest BCUT2D eigenvalue weighted by molar-refractivity contribution is 5.67. The molecule has 1 aliphatic heterocycles. The summed E-state index contributed by atoms with van der Waals surface area (Å²) < 4.78 is 32.8. The van der Waals surface area contributed by atoms with Crippen molar-refractivity contribution in [1.82, 2.24) is 14.9 Å². The number of halogens is 2. The Labute approximate surface area is 186 Å². The van der Waals surface area contributed by atoms with Crippen LogP contribution in [0.5, 0.6) is 5.75 Å². The van der Waals surface area contributed by atoms with Crippen LogP contribution in [0, 0.1) is 23.5 Å². The third-order valence-electron chi connectivity index (χ3n) is 5.29.